The Morgan fingerprint density at radius 3 is 2.03 bits per heavy atom. The van der Waals surface area contributed by atoms with E-state index in [1.807, 2.05) is 42.5 Å². The zero-order valence-electron chi connectivity index (χ0n) is 16.6. The van der Waals surface area contributed by atoms with Gasteiger partial charge in [-0.3, -0.25) is 4.90 Å². The molecule has 4 heteroatoms. The monoisotopic (exact) mass is 389 g/mol. The van der Waals surface area contributed by atoms with Crippen molar-refractivity contribution in [2.24, 2.45) is 0 Å². The summed E-state index contributed by atoms with van der Waals surface area (Å²) in [4.78, 5) is 2.47. The number of aromatic hydroxyl groups is 2. The predicted octanol–water partition coefficient (Wildman–Crippen LogP) is 5.30. The first-order valence-electron chi connectivity index (χ1n) is 10.3. The molecule has 1 aliphatic heterocycles. The Bertz CT molecular complexity index is 929. The number of hydrogen-bond acceptors (Lipinski definition) is 4. The van der Waals surface area contributed by atoms with Gasteiger partial charge >= 0.3 is 0 Å². The summed E-state index contributed by atoms with van der Waals surface area (Å²) in [5.41, 5.74) is 3.93. The number of piperidine rings is 1. The molecule has 0 radical (unpaired) electrons. The summed E-state index contributed by atoms with van der Waals surface area (Å²) in [5.74, 6) is 1.32. The smallest absolute Gasteiger partial charge is 0.119 e. The molecule has 150 valence electrons. The van der Waals surface area contributed by atoms with Gasteiger partial charge in [-0.15, -0.1) is 0 Å². The van der Waals surface area contributed by atoms with Gasteiger partial charge in [0.15, 0.2) is 0 Å². The van der Waals surface area contributed by atoms with Crippen molar-refractivity contribution in [1.29, 1.82) is 0 Å². The first-order valence-corrected chi connectivity index (χ1v) is 10.3. The molecule has 0 aromatic heterocycles. The molecule has 0 unspecified atom stereocenters. The SMILES string of the molecule is Oc1ccc(-c2ccc(O)cc2-c2ccc(OCCN3CCCCC3)cc2)cc1. The van der Waals surface area contributed by atoms with E-state index in [-0.39, 0.29) is 11.5 Å². The topological polar surface area (TPSA) is 52.9 Å². The molecule has 0 atom stereocenters. The molecular weight excluding hydrogens is 362 g/mol. The molecule has 1 heterocycles. The fourth-order valence-corrected chi connectivity index (χ4v) is 3.87. The lowest BCUT2D eigenvalue weighted by molar-refractivity contribution is 0.183. The molecule has 1 fully saturated rings. The number of nitrogens with zero attached hydrogens (tertiary/aromatic N) is 1. The molecule has 4 rings (SSSR count). The maximum absolute atomic E-state index is 10.0. The van der Waals surface area contributed by atoms with E-state index < -0.39 is 0 Å². The first kappa shape index (κ1) is 19.3. The van der Waals surface area contributed by atoms with E-state index in [0.29, 0.717) is 6.61 Å². The Labute approximate surface area is 172 Å². The van der Waals surface area contributed by atoms with E-state index in [4.69, 9.17) is 4.74 Å². The lowest BCUT2D eigenvalue weighted by atomic mass is 9.94. The largest absolute Gasteiger partial charge is 0.508 e. The molecule has 2 N–H and O–H groups in total. The van der Waals surface area contributed by atoms with Gasteiger partial charge in [-0.1, -0.05) is 36.8 Å². The number of ether oxygens (including phenoxy) is 1. The van der Waals surface area contributed by atoms with Gasteiger partial charge in [0.05, 0.1) is 0 Å². The third kappa shape index (κ3) is 4.90. The second kappa shape index (κ2) is 9.01. The van der Waals surface area contributed by atoms with Crippen molar-refractivity contribution in [3.63, 3.8) is 0 Å². The van der Waals surface area contributed by atoms with Gasteiger partial charge in [0.25, 0.3) is 0 Å². The average Bonchev–Trinajstić information content (AvgIpc) is 2.76. The Kier molecular flexibility index (Phi) is 6.01. The quantitative estimate of drug-likeness (QED) is 0.601. The second-order valence-electron chi connectivity index (χ2n) is 7.55. The predicted molar refractivity (Wildman–Crippen MR) is 116 cm³/mol. The van der Waals surface area contributed by atoms with E-state index in [1.165, 1.54) is 32.4 Å². The molecule has 29 heavy (non-hydrogen) atoms. The van der Waals surface area contributed by atoms with Gasteiger partial charge in [0, 0.05) is 6.54 Å². The summed E-state index contributed by atoms with van der Waals surface area (Å²) in [6.07, 6.45) is 3.93. The van der Waals surface area contributed by atoms with Crippen LogP contribution in [0.5, 0.6) is 17.2 Å². The van der Waals surface area contributed by atoms with Crippen molar-refractivity contribution < 1.29 is 14.9 Å². The molecular formula is C25H27NO3. The molecule has 3 aromatic rings. The normalized spacial score (nSPS) is 14.6. The number of hydrogen-bond donors (Lipinski definition) is 2. The van der Waals surface area contributed by atoms with E-state index in [0.717, 1.165) is 34.5 Å². The lowest BCUT2D eigenvalue weighted by Crippen LogP contribution is -2.33. The fraction of sp³-hybridized carbons (Fsp3) is 0.280. The summed E-state index contributed by atoms with van der Waals surface area (Å²) < 4.78 is 5.93. The Balaban J connectivity index is 1.48. The van der Waals surface area contributed by atoms with E-state index in [1.54, 1.807) is 24.3 Å². The fourth-order valence-electron chi connectivity index (χ4n) is 3.87. The molecule has 0 saturated carbocycles. The third-order valence-electron chi connectivity index (χ3n) is 5.47. The van der Waals surface area contributed by atoms with Crippen LogP contribution in [0.3, 0.4) is 0 Å². The van der Waals surface area contributed by atoms with Gasteiger partial charge < -0.3 is 14.9 Å². The Morgan fingerprint density at radius 1 is 0.690 bits per heavy atom. The van der Waals surface area contributed by atoms with Gasteiger partial charge in [-0.05, 0) is 84.6 Å². The van der Waals surface area contributed by atoms with Crippen molar-refractivity contribution in [3.8, 4) is 39.5 Å². The van der Waals surface area contributed by atoms with Crippen LogP contribution in [0.4, 0.5) is 0 Å². The minimum atomic E-state index is 0.226. The van der Waals surface area contributed by atoms with E-state index >= 15 is 0 Å². The van der Waals surface area contributed by atoms with Crippen molar-refractivity contribution in [2.45, 2.75) is 19.3 Å². The molecule has 1 saturated heterocycles. The number of phenols is 2. The zero-order chi connectivity index (χ0) is 20.1. The van der Waals surface area contributed by atoms with Crippen LogP contribution in [0.2, 0.25) is 0 Å². The molecule has 3 aromatic carbocycles. The lowest BCUT2D eigenvalue weighted by Gasteiger charge is -2.26. The van der Waals surface area contributed by atoms with Gasteiger partial charge in [-0.25, -0.2) is 0 Å². The number of benzene rings is 3. The summed E-state index contributed by atoms with van der Waals surface area (Å²) in [7, 11) is 0. The average molecular weight is 389 g/mol. The minimum Gasteiger partial charge on any atom is -0.508 e. The highest BCUT2D eigenvalue weighted by atomic mass is 16.5. The molecule has 0 amide bonds. The second-order valence-corrected chi connectivity index (χ2v) is 7.55. The maximum Gasteiger partial charge on any atom is 0.119 e. The van der Waals surface area contributed by atoms with E-state index in [9.17, 15) is 10.2 Å². The molecule has 1 aliphatic rings. The summed E-state index contributed by atoms with van der Waals surface area (Å²) in [6.45, 7) is 4.03. The van der Waals surface area contributed by atoms with Crippen LogP contribution in [-0.2, 0) is 0 Å². The Morgan fingerprint density at radius 2 is 1.31 bits per heavy atom. The van der Waals surface area contributed by atoms with Crippen LogP contribution in [0.1, 0.15) is 19.3 Å². The van der Waals surface area contributed by atoms with Crippen LogP contribution in [0.15, 0.2) is 66.7 Å². The van der Waals surface area contributed by atoms with E-state index in [2.05, 4.69) is 4.90 Å². The van der Waals surface area contributed by atoms with Crippen LogP contribution in [-0.4, -0.2) is 41.4 Å². The highest BCUT2D eigenvalue weighted by Gasteiger charge is 2.11. The van der Waals surface area contributed by atoms with Crippen LogP contribution >= 0.6 is 0 Å². The van der Waals surface area contributed by atoms with Gasteiger partial charge in [-0.2, -0.15) is 0 Å². The first-order chi connectivity index (χ1) is 14.2. The zero-order valence-corrected chi connectivity index (χ0v) is 16.6. The molecule has 0 spiro atoms. The van der Waals surface area contributed by atoms with Crippen LogP contribution < -0.4 is 4.74 Å². The summed E-state index contributed by atoms with van der Waals surface area (Å²) >= 11 is 0. The van der Waals surface area contributed by atoms with Gasteiger partial charge in [0.2, 0.25) is 0 Å². The van der Waals surface area contributed by atoms with Crippen LogP contribution in [0.25, 0.3) is 22.3 Å². The number of phenolic OH excluding ortho intramolecular Hbond substituents is 2. The third-order valence-corrected chi connectivity index (χ3v) is 5.47. The summed E-state index contributed by atoms with van der Waals surface area (Å²) in [6, 6.07) is 20.5. The van der Waals surface area contributed by atoms with Crippen LogP contribution in [0, 0.1) is 0 Å². The van der Waals surface area contributed by atoms with Crippen molar-refractivity contribution in [2.75, 3.05) is 26.2 Å². The highest BCUT2D eigenvalue weighted by Crippen LogP contribution is 2.36. The number of rotatable bonds is 6. The molecule has 0 bridgehead atoms. The minimum absolute atomic E-state index is 0.226. The molecule has 4 nitrogen and oxygen atoms in total. The van der Waals surface area contributed by atoms with Crippen molar-refractivity contribution >= 4 is 0 Å². The van der Waals surface area contributed by atoms with Crippen molar-refractivity contribution in [3.05, 3.63) is 66.7 Å². The standard InChI is InChI=1S/C25H27NO3/c27-21-8-4-19(5-9-21)24-13-10-22(28)18-25(24)20-6-11-23(12-7-20)29-17-16-26-14-2-1-3-15-26/h4-13,18,27-28H,1-3,14-17H2. The maximum atomic E-state index is 10.0. The van der Waals surface area contributed by atoms with Crippen molar-refractivity contribution in [1.82, 2.24) is 4.90 Å². The number of likely N-dealkylation sites (tertiary alicyclic amines) is 1. The highest BCUT2D eigenvalue weighted by molar-refractivity contribution is 5.84. The Hall–Kier alpha value is -2.98. The summed E-state index contributed by atoms with van der Waals surface area (Å²) in [5, 5.41) is 19.6. The van der Waals surface area contributed by atoms with Gasteiger partial charge in [0.1, 0.15) is 23.9 Å². The molecule has 0 aliphatic carbocycles.